The van der Waals surface area contributed by atoms with E-state index in [-0.39, 0.29) is 11.2 Å². The van der Waals surface area contributed by atoms with Gasteiger partial charge in [0, 0.05) is 12.7 Å². The van der Waals surface area contributed by atoms with Crippen LogP contribution in [-0.4, -0.2) is 18.2 Å². The molecule has 19 heavy (non-hydrogen) atoms. The SMILES string of the molecule is COC(C)(C)c1cc(C(=O)CBr)cc(C(C)(C)C)c1. The van der Waals surface area contributed by atoms with Gasteiger partial charge in [0.1, 0.15) is 0 Å². The summed E-state index contributed by atoms with van der Waals surface area (Å²) in [5.74, 6) is 0.0965. The summed E-state index contributed by atoms with van der Waals surface area (Å²) in [6.45, 7) is 10.5. The van der Waals surface area contributed by atoms with Gasteiger partial charge in [-0.05, 0) is 42.5 Å². The molecule has 0 N–H and O–H groups in total. The van der Waals surface area contributed by atoms with Gasteiger partial charge in [0.05, 0.1) is 10.9 Å². The van der Waals surface area contributed by atoms with E-state index in [0.717, 1.165) is 16.7 Å². The number of ketones is 1. The Morgan fingerprint density at radius 2 is 1.63 bits per heavy atom. The highest BCUT2D eigenvalue weighted by Gasteiger charge is 2.24. The first kappa shape index (κ1) is 16.4. The molecule has 0 unspecified atom stereocenters. The topological polar surface area (TPSA) is 26.3 Å². The van der Waals surface area contributed by atoms with Gasteiger partial charge in [-0.3, -0.25) is 4.79 Å². The van der Waals surface area contributed by atoms with Crippen LogP contribution < -0.4 is 0 Å². The van der Waals surface area contributed by atoms with E-state index in [4.69, 9.17) is 4.74 Å². The zero-order valence-corrected chi connectivity index (χ0v) is 14.2. The second kappa shape index (κ2) is 5.76. The molecule has 0 saturated carbocycles. The highest BCUT2D eigenvalue weighted by Crippen LogP contribution is 2.31. The van der Waals surface area contributed by atoms with Crippen molar-refractivity contribution in [1.29, 1.82) is 0 Å². The van der Waals surface area contributed by atoms with E-state index in [1.54, 1.807) is 7.11 Å². The van der Waals surface area contributed by atoms with Crippen molar-refractivity contribution in [2.75, 3.05) is 12.4 Å². The maximum Gasteiger partial charge on any atom is 0.173 e. The Balaban J connectivity index is 3.45. The lowest BCUT2D eigenvalue weighted by molar-refractivity contribution is 0.0191. The average Bonchev–Trinajstić information content (AvgIpc) is 2.36. The number of benzene rings is 1. The first-order chi connectivity index (χ1) is 8.61. The van der Waals surface area contributed by atoms with Crippen molar-refractivity contribution in [3.05, 3.63) is 34.9 Å². The second-order valence-corrected chi connectivity index (χ2v) is 6.88. The van der Waals surface area contributed by atoms with E-state index < -0.39 is 5.60 Å². The fraction of sp³-hybridized carbons (Fsp3) is 0.562. The van der Waals surface area contributed by atoms with Crippen molar-refractivity contribution in [2.45, 2.75) is 45.6 Å². The number of halogens is 1. The fourth-order valence-corrected chi connectivity index (χ4v) is 2.09. The number of carbonyl (C=O) groups is 1. The van der Waals surface area contributed by atoms with Crippen molar-refractivity contribution < 1.29 is 9.53 Å². The maximum absolute atomic E-state index is 12.0. The molecule has 0 bridgehead atoms. The number of carbonyl (C=O) groups excluding carboxylic acids is 1. The highest BCUT2D eigenvalue weighted by atomic mass is 79.9. The third-order valence-electron chi connectivity index (χ3n) is 3.45. The molecule has 0 amide bonds. The van der Waals surface area contributed by atoms with Gasteiger partial charge in [0.15, 0.2) is 5.78 Å². The molecule has 0 aliphatic rings. The third kappa shape index (κ3) is 3.90. The van der Waals surface area contributed by atoms with Crippen LogP contribution in [0.25, 0.3) is 0 Å². The number of hydrogen-bond donors (Lipinski definition) is 0. The minimum absolute atomic E-state index is 0.00116. The van der Waals surface area contributed by atoms with Crippen molar-refractivity contribution >= 4 is 21.7 Å². The van der Waals surface area contributed by atoms with Gasteiger partial charge in [-0.25, -0.2) is 0 Å². The summed E-state index contributed by atoms with van der Waals surface area (Å²) >= 11 is 3.24. The number of Topliss-reactive ketones (excluding diaryl/α,β-unsaturated/α-hetero) is 1. The van der Waals surface area contributed by atoms with Crippen molar-refractivity contribution in [3.63, 3.8) is 0 Å². The Hall–Kier alpha value is -0.670. The van der Waals surface area contributed by atoms with E-state index in [0.29, 0.717) is 5.33 Å². The number of hydrogen-bond acceptors (Lipinski definition) is 2. The second-order valence-electron chi connectivity index (χ2n) is 6.32. The monoisotopic (exact) mass is 326 g/mol. The summed E-state index contributed by atoms with van der Waals surface area (Å²) in [6.07, 6.45) is 0. The number of rotatable bonds is 4. The molecule has 0 radical (unpaired) electrons. The Labute approximate surface area is 124 Å². The van der Waals surface area contributed by atoms with Gasteiger partial charge in [-0.2, -0.15) is 0 Å². The zero-order valence-electron chi connectivity index (χ0n) is 12.6. The lowest BCUT2D eigenvalue weighted by atomic mass is 9.82. The summed E-state index contributed by atoms with van der Waals surface area (Å²) in [6, 6.07) is 6.05. The van der Waals surface area contributed by atoms with Crippen LogP contribution in [0.3, 0.4) is 0 Å². The van der Waals surface area contributed by atoms with Gasteiger partial charge >= 0.3 is 0 Å². The average molecular weight is 327 g/mol. The molecule has 0 heterocycles. The lowest BCUT2D eigenvalue weighted by Crippen LogP contribution is -2.22. The number of ether oxygens (including phenoxy) is 1. The summed E-state index contributed by atoms with van der Waals surface area (Å²) < 4.78 is 5.54. The minimum atomic E-state index is -0.400. The van der Waals surface area contributed by atoms with Gasteiger partial charge in [0.2, 0.25) is 0 Å². The van der Waals surface area contributed by atoms with Crippen LogP contribution in [0.5, 0.6) is 0 Å². The standard InChI is InChI=1S/C16H23BrO2/c1-15(2,3)12-7-11(14(18)10-17)8-13(9-12)16(4,5)19-6/h7-9H,10H2,1-6H3. The van der Waals surface area contributed by atoms with Gasteiger partial charge in [-0.1, -0.05) is 42.8 Å². The predicted octanol–water partition coefficient (Wildman–Crippen LogP) is 4.44. The van der Waals surface area contributed by atoms with Crippen molar-refractivity contribution in [3.8, 4) is 0 Å². The summed E-state index contributed by atoms with van der Waals surface area (Å²) in [7, 11) is 1.69. The molecule has 2 nitrogen and oxygen atoms in total. The van der Waals surface area contributed by atoms with Crippen LogP contribution in [0.15, 0.2) is 18.2 Å². The minimum Gasteiger partial charge on any atom is -0.374 e. The smallest absolute Gasteiger partial charge is 0.173 e. The first-order valence-electron chi connectivity index (χ1n) is 6.42. The van der Waals surface area contributed by atoms with Gasteiger partial charge in [0.25, 0.3) is 0 Å². The van der Waals surface area contributed by atoms with Crippen LogP contribution in [0.1, 0.15) is 56.1 Å². The molecule has 106 valence electrons. The van der Waals surface area contributed by atoms with E-state index in [1.807, 2.05) is 26.0 Å². The normalized spacial score (nSPS) is 12.6. The summed E-state index contributed by atoms with van der Waals surface area (Å²) in [4.78, 5) is 12.0. The molecule has 3 heteroatoms. The highest BCUT2D eigenvalue weighted by molar-refractivity contribution is 9.09. The maximum atomic E-state index is 12.0. The van der Waals surface area contributed by atoms with E-state index >= 15 is 0 Å². The molecular formula is C16H23BrO2. The number of methoxy groups -OCH3 is 1. The molecule has 0 aromatic heterocycles. The molecule has 1 aromatic rings. The van der Waals surface area contributed by atoms with Crippen molar-refractivity contribution in [2.24, 2.45) is 0 Å². The third-order valence-corrected chi connectivity index (χ3v) is 3.96. The Kier molecular flexibility index (Phi) is 4.97. The van der Waals surface area contributed by atoms with Crippen LogP contribution in [0.2, 0.25) is 0 Å². The molecule has 0 aliphatic carbocycles. The Morgan fingerprint density at radius 1 is 1.11 bits per heavy atom. The van der Waals surface area contributed by atoms with Crippen LogP contribution >= 0.6 is 15.9 Å². The van der Waals surface area contributed by atoms with Crippen LogP contribution in [-0.2, 0) is 15.8 Å². The molecule has 0 atom stereocenters. The summed E-state index contributed by atoms with van der Waals surface area (Å²) in [5, 5.41) is 0.341. The largest absolute Gasteiger partial charge is 0.374 e. The molecule has 0 saturated heterocycles. The Morgan fingerprint density at radius 3 is 2.05 bits per heavy atom. The molecule has 0 fully saturated rings. The van der Waals surface area contributed by atoms with Gasteiger partial charge in [-0.15, -0.1) is 0 Å². The van der Waals surface area contributed by atoms with Crippen LogP contribution in [0, 0.1) is 0 Å². The predicted molar refractivity (Wildman–Crippen MR) is 83.3 cm³/mol. The first-order valence-corrected chi connectivity index (χ1v) is 7.54. The molecule has 0 spiro atoms. The zero-order chi connectivity index (χ0) is 14.8. The summed E-state index contributed by atoms with van der Waals surface area (Å²) in [5.41, 5.74) is 2.53. The van der Waals surface area contributed by atoms with Crippen molar-refractivity contribution in [1.82, 2.24) is 0 Å². The molecular weight excluding hydrogens is 304 g/mol. The Bertz CT molecular complexity index is 470. The molecule has 1 aromatic carbocycles. The van der Waals surface area contributed by atoms with E-state index in [1.165, 1.54) is 0 Å². The molecule has 0 aliphatic heterocycles. The van der Waals surface area contributed by atoms with E-state index in [2.05, 4.69) is 42.8 Å². The lowest BCUT2D eigenvalue weighted by Gasteiger charge is -2.27. The quantitative estimate of drug-likeness (QED) is 0.603. The number of alkyl halides is 1. The van der Waals surface area contributed by atoms with Crippen LogP contribution in [0.4, 0.5) is 0 Å². The van der Waals surface area contributed by atoms with E-state index in [9.17, 15) is 4.79 Å². The fourth-order valence-electron chi connectivity index (χ4n) is 1.76. The van der Waals surface area contributed by atoms with Gasteiger partial charge < -0.3 is 4.74 Å². The molecule has 1 rings (SSSR count).